The second-order valence-electron chi connectivity index (χ2n) is 15.7. The quantitative estimate of drug-likeness (QED) is 0.0113. The molecule has 0 heterocycles. The van der Waals surface area contributed by atoms with Gasteiger partial charge in [-0.1, -0.05) is 133 Å². The maximum Gasteiger partial charge on any atom is 0.306 e. The molecule has 0 radical (unpaired) electrons. The third-order valence-corrected chi connectivity index (χ3v) is 9.95. The molecule has 0 N–H and O–H groups in total. The maximum atomic E-state index is 12.6. The predicted molar refractivity (Wildman–Crippen MR) is 231 cm³/mol. The Balaban J connectivity index is 4.53. The van der Waals surface area contributed by atoms with Crippen molar-refractivity contribution in [1.29, 1.82) is 0 Å². The van der Waals surface area contributed by atoms with Crippen LogP contribution in [0.3, 0.4) is 0 Å². The number of ether oxygens (including phenoxy) is 2. The van der Waals surface area contributed by atoms with Gasteiger partial charge in [0.05, 0.1) is 27.7 Å². The number of esters is 2. The van der Waals surface area contributed by atoms with Crippen LogP contribution in [0.4, 0.5) is 0 Å². The van der Waals surface area contributed by atoms with Crippen LogP contribution >= 0.6 is 7.82 Å². The van der Waals surface area contributed by atoms with Crippen LogP contribution in [0.2, 0.25) is 0 Å². The number of hydrogen-bond donors (Lipinski definition) is 0. The zero-order chi connectivity index (χ0) is 42.3. The summed E-state index contributed by atoms with van der Waals surface area (Å²) in [5.74, 6) is -0.783. The Morgan fingerprint density at radius 1 is 0.596 bits per heavy atom. The van der Waals surface area contributed by atoms with Gasteiger partial charge in [0.2, 0.25) is 0 Å². The van der Waals surface area contributed by atoms with Crippen LogP contribution in [0.1, 0.15) is 162 Å². The van der Waals surface area contributed by atoms with E-state index >= 15 is 0 Å². The number of unbranched alkanes of at least 4 members (excludes halogenated alkanes) is 14. The van der Waals surface area contributed by atoms with Crippen LogP contribution in [-0.2, 0) is 37.5 Å². The number of rotatable bonds is 39. The standard InChI is InChI=1S/C46H80NO9P/c1-6-8-10-11-12-13-14-15-16-17-20-23-26-29-33-37-45(49)53-41-44(42-55-57(51,52)54-40-39-47(3,4)5)56-46(50)38-34-30-27-24-21-18-19-22-25-28-32-36-43(48)35-31-9-7-2/h15-16,18-19,24-25,27-28,32,36,44H,6-14,17,20-23,26,29-31,33-35,37-42H2,1-5H3/b16-15-,19-18-,27-24-,28-25-,36-32+/t44-/m1/s1. The van der Waals surface area contributed by atoms with Gasteiger partial charge in [0.25, 0.3) is 7.82 Å². The van der Waals surface area contributed by atoms with E-state index in [0.29, 0.717) is 36.7 Å². The second-order valence-corrected chi connectivity index (χ2v) is 17.1. The van der Waals surface area contributed by atoms with Gasteiger partial charge in [0.1, 0.15) is 19.8 Å². The zero-order valence-corrected chi connectivity index (χ0v) is 37.4. The average Bonchev–Trinajstić information content (AvgIpc) is 3.15. The van der Waals surface area contributed by atoms with Crippen molar-refractivity contribution in [2.24, 2.45) is 0 Å². The number of ketones is 1. The molecule has 0 fully saturated rings. The minimum Gasteiger partial charge on any atom is -0.756 e. The fraction of sp³-hybridized carbons (Fsp3) is 0.717. The fourth-order valence-electron chi connectivity index (χ4n) is 5.48. The van der Waals surface area contributed by atoms with Crippen LogP contribution < -0.4 is 4.89 Å². The summed E-state index contributed by atoms with van der Waals surface area (Å²) in [6, 6.07) is 0. The van der Waals surface area contributed by atoms with Gasteiger partial charge < -0.3 is 27.9 Å². The van der Waals surface area contributed by atoms with Gasteiger partial charge in [-0.05, 0) is 70.3 Å². The van der Waals surface area contributed by atoms with Crippen LogP contribution in [0.25, 0.3) is 0 Å². The monoisotopic (exact) mass is 822 g/mol. The summed E-state index contributed by atoms with van der Waals surface area (Å²) in [7, 11) is 1.08. The van der Waals surface area contributed by atoms with E-state index in [4.69, 9.17) is 18.5 Å². The average molecular weight is 822 g/mol. The van der Waals surface area contributed by atoms with Crippen LogP contribution in [0, 0.1) is 0 Å². The summed E-state index contributed by atoms with van der Waals surface area (Å²) in [6.45, 7) is 3.95. The molecular formula is C46H80NO9P. The molecule has 0 aromatic rings. The molecule has 57 heavy (non-hydrogen) atoms. The Kier molecular flexibility index (Phi) is 35.9. The van der Waals surface area contributed by atoms with Gasteiger partial charge in [0.15, 0.2) is 11.9 Å². The first-order valence-corrected chi connectivity index (χ1v) is 23.4. The number of carbonyl (C=O) groups is 3. The molecule has 2 atom stereocenters. The van der Waals surface area contributed by atoms with Crippen molar-refractivity contribution in [2.45, 2.75) is 168 Å². The molecule has 0 amide bonds. The molecular weight excluding hydrogens is 741 g/mol. The highest BCUT2D eigenvalue weighted by atomic mass is 31.2. The molecule has 0 aliphatic heterocycles. The van der Waals surface area contributed by atoms with Crippen LogP contribution in [0.15, 0.2) is 60.8 Å². The van der Waals surface area contributed by atoms with Crippen molar-refractivity contribution >= 4 is 25.5 Å². The van der Waals surface area contributed by atoms with Gasteiger partial charge in [-0.15, -0.1) is 0 Å². The first-order valence-electron chi connectivity index (χ1n) is 21.9. The summed E-state index contributed by atoms with van der Waals surface area (Å²) < 4.78 is 33.8. The number of phosphoric acid groups is 1. The summed E-state index contributed by atoms with van der Waals surface area (Å²) in [5.41, 5.74) is 0. The molecule has 0 rings (SSSR count). The molecule has 10 nitrogen and oxygen atoms in total. The number of nitrogens with zero attached hydrogens (tertiary/aromatic N) is 1. The molecule has 0 saturated carbocycles. The van der Waals surface area contributed by atoms with E-state index in [-0.39, 0.29) is 31.8 Å². The summed E-state index contributed by atoms with van der Waals surface area (Å²) in [5, 5.41) is 0. The van der Waals surface area contributed by atoms with Gasteiger partial charge in [-0.25, -0.2) is 0 Å². The molecule has 0 aliphatic carbocycles. The fourth-order valence-corrected chi connectivity index (χ4v) is 6.21. The molecule has 0 aliphatic rings. The SMILES string of the molecule is CCCCCCCC/C=C\CCCCCCCC(=O)OC[C@H](COP(=O)([O-])OCC[N+](C)(C)C)OC(=O)CCC/C=C\C/C=C\C/C=C\C=C\C(=O)CCCCC. The Morgan fingerprint density at radius 3 is 1.79 bits per heavy atom. The number of phosphoric ester groups is 1. The predicted octanol–water partition coefficient (Wildman–Crippen LogP) is 11.0. The number of likely N-dealkylation sites (N-methyl/N-ethyl adjacent to an activating group) is 1. The maximum absolute atomic E-state index is 12.6. The molecule has 11 heteroatoms. The minimum absolute atomic E-state index is 0.0554. The van der Waals surface area contributed by atoms with Crippen molar-refractivity contribution in [3.05, 3.63) is 60.8 Å². The van der Waals surface area contributed by atoms with Gasteiger partial charge >= 0.3 is 11.9 Å². The van der Waals surface area contributed by atoms with Crippen molar-refractivity contribution in [3.63, 3.8) is 0 Å². The van der Waals surface area contributed by atoms with Gasteiger partial charge in [-0.2, -0.15) is 0 Å². The first kappa shape index (κ1) is 54.4. The van der Waals surface area contributed by atoms with Gasteiger partial charge in [-0.3, -0.25) is 18.9 Å². The van der Waals surface area contributed by atoms with Crippen molar-refractivity contribution < 1.29 is 46.8 Å². The summed E-state index contributed by atoms with van der Waals surface area (Å²) in [4.78, 5) is 49.2. The van der Waals surface area contributed by atoms with E-state index < -0.39 is 32.5 Å². The Hall–Kier alpha value is -2.62. The van der Waals surface area contributed by atoms with E-state index in [1.54, 1.807) is 12.2 Å². The van der Waals surface area contributed by atoms with E-state index in [1.165, 1.54) is 44.9 Å². The molecule has 1 unspecified atom stereocenters. The molecule has 0 saturated heterocycles. The summed E-state index contributed by atoms with van der Waals surface area (Å²) in [6.07, 6.45) is 40.9. The Morgan fingerprint density at radius 2 is 1.12 bits per heavy atom. The lowest BCUT2D eigenvalue weighted by molar-refractivity contribution is -0.870. The molecule has 0 bridgehead atoms. The highest BCUT2D eigenvalue weighted by Crippen LogP contribution is 2.38. The first-order chi connectivity index (χ1) is 27.4. The normalized spacial score (nSPS) is 14.1. The van der Waals surface area contributed by atoms with Crippen molar-refractivity contribution in [3.8, 4) is 0 Å². The van der Waals surface area contributed by atoms with Crippen LogP contribution in [0.5, 0.6) is 0 Å². The largest absolute Gasteiger partial charge is 0.756 e. The summed E-state index contributed by atoms with van der Waals surface area (Å²) >= 11 is 0. The van der Waals surface area contributed by atoms with E-state index in [1.807, 2.05) is 45.4 Å². The number of allylic oxidation sites excluding steroid dienone is 10. The lowest BCUT2D eigenvalue weighted by Gasteiger charge is -2.28. The van der Waals surface area contributed by atoms with E-state index in [2.05, 4.69) is 38.2 Å². The smallest absolute Gasteiger partial charge is 0.306 e. The second kappa shape index (κ2) is 37.6. The van der Waals surface area contributed by atoms with E-state index in [0.717, 1.165) is 64.2 Å². The number of quaternary nitrogens is 1. The lowest BCUT2D eigenvalue weighted by atomic mass is 10.1. The van der Waals surface area contributed by atoms with Crippen molar-refractivity contribution in [1.82, 2.24) is 0 Å². The van der Waals surface area contributed by atoms with Crippen LogP contribution in [-0.4, -0.2) is 75.8 Å². The zero-order valence-electron chi connectivity index (χ0n) is 36.5. The van der Waals surface area contributed by atoms with Gasteiger partial charge in [0, 0.05) is 19.3 Å². The Bertz CT molecular complexity index is 1220. The highest BCUT2D eigenvalue weighted by molar-refractivity contribution is 7.45. The van der Waals surface area contributed by atoms with Crippen molar-refractivity contribution in [2.75, 3.05) is 47.5 Å². The molecule has 0 aromatic carbocycles. The third-order valence-electron chi connectivity index (χ3n) is 8.99. The Labute approximate surface area is 347 Å². The number of hydrogen-bond acceptors (Lipinski definition) is 9. The number of carbonyl (C=O) groups excluding carboxylic acids is 3. The molecule has 0 spiro atoms. The highest BCUT2D eigenvalue weighted by Gasteiger charge is 2.21. The van der Waals surface area contributed by atoms with E-state index in [9.17, 15) is 23.8 Å². The lowest BCUT2D eigenvalue weighted by Crippen LogP contribution is -2.37. The molecule has 0 aromatic heterocycles. The minimum atomic E-state index is -4.66. The third kappa shape index (κ3) is 41.3. The molecule has 328 valence electrons. The topological polar surface area (TPSA) is 128 Å².